The highest BCUT2D eigenvalue weighted by Gasteiger charge is 2.18. The number of rotatable bonds is 8. The van der Waals surface area contributed by atoms with Gasteiger partial charge in [-0.05, 0) is 31.5 Å². The Hall–Kier alpha value is -3.62. The highest BCUT2D eigenvalue weighted by Crippen LogP contribution is 2.33. The molecule has 9 nitrogen and oxygen atoms in total. The number of hydrazone groups is 1. The summed E-state index contributed by atoms with van der Waals surface area (Å²) in [6.45, 7) is 3.95. The van der Waals surface area contributed by atoms with Crippen molar-refractivity contribution in [3.8, 4) is 11.5 Å². The monoisotopic (exact) mass is 386 g/mol. The molecule has 0 saturated carbocycles. The Morgan fingerprint density at radius 3 is 2.46 bits per heavy atom. The van der Waals surface area contributed by atoms with Crippen LogP contribution in [0.15, 0.2) is 35.4 Å². The van der Waals surface area contributed by atoms with Gasteiger partial charge in [0.25, 0.3) is 11.6 Å². The minimum atomic E-state index is -0.563. The molecule has 0 aliphatic heterocycles. The van der Waals surface area contributed by atoms with E-state index in [1.165, 1.54) is 32.6 Å². The van der Waals surface area contributed by atoms with Crippen molar-refractivity contribution in [3.63, 3.8) is 0 Å². The van der Waals surface area contributed by atoms with Gasteiger partial charge in [0, 0.05) is 5.69 Å². The first-order valence-corrected chi connectivity index (χ1v) is 8.39. The van der Waals surface area contributed by atoms with Gasteiger partial charge in [-0.3, -0.25) is 14.9 Å². The molecule has 9 heteroatoms. The van der Waals surface area contributed by atoms with Crippen molar-refractivity contribution in [2.75, 3.05) is 26.1 Å². The quantitative estimate of drug-likeness (QED) is 0.409. The average Bonchev–Trinajstić information content (AvgIpc) is 2.66. The molecule has 0 heterocycles. The largest absolute Gasteiger partial charge is 0.493 e. The van der Waals surface area contributed by atoms with Gasteiger partial charge in [-0.2, -0.15) is 5.10 Å². The average molecular weight is 386 g/mol. The number of hydrogen-bond acceptors (Lipinski definition) is 7. The Kier molecular flexibility index (Phi) is 6.91. The van der Waals surface area contributed by atoms with Crippen molar-refractivity contribution in [3.05, 3.63) is 57.1 Å². The summed E-state index contributed by atoms with van der Waals surface area (Å²) in [6, 6.07) is 8.51. The van der Waals surface area contributed by atoms with E-state index in [2.05, 4.69) is 15.8 Å². The molecule has 0 radical (unpaired) electrons. The number of benzene rings is 2. The lowest BCUT2D eigenvalue weighted by molar-refractivity contribution is -0.385. The first kappa shape index (κ1) is 20.7. The Bertz CT molecular complexity index is 911. The molecule has 0 aliphatic rings. The molecule has 0 bridgehead atoms. The summed E-state index contributed by atoms with van der Waals surface area (Å²) >= 11 is 0. The molecule has 28 heavy (non-hydrogen) atoms. The summed E-state index contributed by atoms with van der Waals surface area (Å²) in [5, 5.41) is 18.1. The molecule has 2 rings (SSSR count). The van der Waals surface area contributed by atoms with Gasteiger partial charge in [-0.1, -0.05) is 17.7 Å². The van der Waals surface area contributed by atoms with Gasteiger partial charge in [0.2, 0.25) is 0 Å². The minimum absolute atomic E-state index is 0.00919. The number of nitrogens with zero attached hydrogens (tertiary/aromatic N) is 2. The van der Waals surface area contributed by atoms with E-state index in [1.807, 2.05) is 32.0 Å². The summed E-state index contributed by atoms with van der Waals surface area (Å²) in [4.78, 5) is 22.7. The molecule has 2 aromatic carbocycles. The topological polar surface area (TPSA) is 115 Å². The van der Waals surface area contributed by atoms with Crippen molar-refractivity contribution in [2.24, 2.45) is 5.10 Å². The van der Waals surface area contributed by atoms with Crippen LogP contribution in [0.4, 0.5) is 11.4 Å². The number of ether oxygens (including phenoxy) is 2. The van der Waals surface area contributed by atoms with Crippen LogP contribution in [0, 0.1) is 24.0 Å². The van der Waals surface area contributed by atoms with Crippen LogP contribution in [0.1, 0.15) is 16.7 Å². The van der Waals surface area contributed by atoms with Crippen LogP contribution in [-0.4, -0.2) is 37.8 Å². The van der Waals surface area contributed by atoms with Crippen LogP contribution in [0.5, 0.6) is 11.5 Å². The van der Waals surface area contributed by atoms with Crippen LogP contribution in [0.3, 0.4) is 0 Å². The zero-order valence-electron chi connectivity index (χ0n) is 16.1. The fourth-order valence-corrected chi connectivity index (χ4v) is 2.55. The number of amides is 1. The number of nitro groups is 1. The molecule has 0 aliphatic carbocycles. The minimum Gasteiger partial charge on any atom is -0.493 e. The lowest BCUT2D eigenvalue weighted by atomic mass is 10.1. The van der Waals surface area contributed by atoms with Crippen molar-refractivity contribution in [1.29, 1.82) is 0 Å². The smallest absolute Gasteiger partial charge is 0.282 e. The van der Waals surface area contributed by atoms with E-state index < -0.39 is 4.92 Å². The van der Waals surface area contributed by atoms with Gasteiger partial charge in [-0.25, -0.2) is 5.43 Å². The fraction of sp³-hybridized carbons (Fsp3) is 0.263. The fourth-order valence-electron chi connectivity index (χ4n) is 2.55. The van der Waals surface area contributed by atoms with Crippen LogP contribution >= 0.6 is 0 Å². The predicted octanol–water partition coefficient (Wildman–Crippen LogP) is 2.79. The molecule has 148 valence electrons. The number of methoxy groups -OCH3 is 2. The normalized spacial score (nSPS) is 10.6. The number of nitrogens with one attached hydrogen (secondary N) is 2. The summed E-state index contributed by atoms with van der Waals surface area (Å²) in [5.41, 5.74) is 5.30. The summed E-state index contributed by atoms with van der Waals surface area (Å²) in [6.07, 6.45) is 1.19. The molecular formula is C19H22N4O5. The number of aryl methyl sites for hydroxylation is 2. The van der Waals surface area contributed by atoms with Gasteiger partial charge < -0.3 is 14.8 Å². The maximum absolute atomic E-state index is 12.0. The Labute approximate surface area is 162 Å². The molecule has 0 unspecified atom stereocenters. The van der Waals surface area contributed by atoms with Crippen LogP contribution in [0.2, 0.25) is 0 Å². The highest BCUT2D eigenvalue weighted by atomic mass is 16.6. The lowest BCUT2D eigenvalue weighted by Crippen LogP contribution is -2.26. The summed E-state index contributed by atoms with van der Waals surface area (Å²) in [7, 11) is 2.81. The van der Waals surface area contributed by atoms with E-state index in [4.69, 9.17) is 9.47 Å². The van der Waals surface area contributed by atoms with Crippen molar-refractivity contribution in [2.45, 2.75) is 13.8 Å². The van der Waals surface area contributed by atoms with Crippen molar-refractivity contribution in [1.82, 2.24) is 5.43 Å². The Balaban J connectivity index is 2.05. The van der Waals surface area contributed by atoms with Gasteiger partial charge in [0.05, 0.1) is 43.5 Å². The lowest BCUT2D eigenvalue weighted by Gasteiger charge is -2.09. The SMILES string of the molecule is COc1cc(/C=N\NC(=O)CNc2ccc(C)cc2C)c([N+](=O)[O-])cc1OC. The second-order valence-electron chi connectivity index (χ2n) is 5.99. The zero-order chi connectivity index (χ0) is 20.7. The molecule has 2 N–H and O–H groups in total. The number of carbonyl (C=O) groups excluding carboxylic acids is 1. The predicted molar refractivity (Wildman–Crippen MR) is 106 cm³/mol. The third-order valence-electron chi connectivity index (χ3n) is 3.94. The van der Waals surface area contributed by atoms with Gasteiger partial charge in [0.15, 0.2) is 11.5 Å². The van der Waals surface area contributed by atoms with Crippen molar-refractivity contribution < 1.29 is 19.2 Å². The number of anilines is 1. The highest BCUT2D eigenvalue weighted by molar-refractivity contribution is 5.88. The molecule has 0 saturated heterocycles. The van der Waals surface area contributed by atoms with Crippen molar-refractivity contribution >= 4 is 23.5 Å². The third-order valence-corrected chi connectivity index (χ3v) is 3.94. The molecule has 0 spiro atoms. The second-order valence-corrected chi connectivity index (χ2v) is 5.99. The van der Waals surface area contributed by atoms with E-state index >= 15 is 0 Å². The number of hydrogen-bond donors (Lipinski definition) is 2. The maximum Gasteiger partial charge on any atom is 0.282 e. The van der Waals surface area contributed by atoms with E-state index in [9.17, 15) is 14.9 Å². The molecule has 0 atom stereocenters. The van der Waals surface area contributed by atoms with Crippen LogP contribution in [0.25, 0.3) is 0 Å². The first-order chi connectivity index (χ1) is 13.3. The van der Waals surface area contributed by atoms with E-state index in [1.54, 1.807) is 0 Å². The summed E-state index contributed by atoms with van der Waals surface area (Å²) < 4.78 is 10.2. The van der Waals surface area contributed by atoms with E-state index in [0.717, 1.165) is 16.8 Å². The molecule has 0 fully saturated rings. The number of carbonyl (C=O) groups is 1. The van der Waals surface area contributed by atoms with E-state index in [-0.39, 0.29) is 29.5 Å². The van der Waals surface area contributed by atoms with Gasteiger partial charge in [-0.15, -0.1) is 0 Å². The van der Waals surface area contributed by atoms with Crippen LogP contribution in [-0.2, 0) is 4.79 Å². The van der Waals surface area contributed by atoms with Crippen LogP contribution < -0.4 is 20.2 Å². The number of nitro benzene ring substituents is 1. The van der Waals surface area contributed by atoms with Gasteiger partial charge >= 0.3 is 0 Å². The standard InChI is InChI=1S/C19H22N4O5/c1-12-5-6-15(13(2)7-12)20-11-19(24)22-21-10-14-8-17(27-3)18(28-4)9-16(14)23(25)26/h5-10,20H,11H2,1-4H3,(H,22,24)/b21-10-. The molecular weight excluding hydrogens is 364 g/mol. The third kappa shape index (κ3) is 5.19. The zero-order valence-corrected chi connectivity index (χ0v) is 16.1. The van der Waals surface area contributed by atoms with Gasteiger partial charge in [0.1, 0.15) is 0 Å². The molecule has 1 amide bonds. The second kappa shape index (κ2) is 9.36. The maximum atomic E-state index is 12.0. The Morgan fingerprint density at radius 1 is 1.18 bits per heavy atom. The summed E-state index contributed by atoms with van der Waals surface area (Å²) in [5.74, 6) is 0.157. The first-order valence-electron chi connectivity index (χ1n) is 8.39. The van der Waals surface area contributed by atoms with E-state index in [0.29, 0.717) is 5.75 Å². The Morgan fingerprint density at radius 2 is 1.86 bits per heavy atom. The molecule has 2 aromatic rings. The molecule has 0 aromatic heterocycles.